The van der Waals surface area contributed by atoms with Crippen LogP contribution in [-0.4, -0.2) is 18.4 Å². The summed E-state index contributed by atoms with van der Waals surface area (Å²) in [6, 6.07) is 13.4. The van der Waals surface area contributed by atoms with Crippen LogP contribution in [-0.2, 0) is 4.79 Å². The molecular formula is C15H12BrClN2O3. The molecule has 0 atom stereocenters. The maximum absolute atomic E-state index is 11.8. The van der Waals surface area contributed by atoms with E-state index in [-0.39, 0.29) is 6.61 Å². The quantitative estimate of drug-likeness (QED) is 0.798. The van der Waals surface area contributed by atoms with E-state index < -0.39 is 11.8 Å². The van der Waals surface area contributed by atoms with E-state index in [1.807, 2.05) is 0 Å². The third-order valence-corrected chi connectivity index (χ3v) is 3.33. The molecule has 0 saturated heterocycles. The molecule has 0 aromatic heterocycles. The van der Waals surface area contributed by atoms with Crippen LogP contribution in [0.15, 0.2) is 53.0 Å². The molecule has 22 heavy (non-hydrogen) atoms. The Hall–Kier alpha value is -2.05. The zero-order chi connectivity index (χ0) is 15.9. The van der Waals surface area contributed by atoms with Gasteiger partial charge in [-0.1, -0.05) is 33.6 Å². The van der Waals surface area contributed by atoms with E-state index in [2.05, 4.69) is 26.8 Å². The second-order valence-corrected chi connectivity index (χ2v) is 5.61. The van der Waals surface area contributed by atoms with Gasteiger partial charge in [-0.05, 0) is 42.5 Å². The lowest BCUT2D eigenvalue weighted by Gasteiger charge is -2.09. The molecule has 0 fully saturated rings. The van der Waals surface area contributed by atoms with Crippen LogP contribution >= 0.6 is 27.5 Å². The molecule has 0 radical (unpaired) electrons. The fraction of sp³-hybridized carbons (Fsp3) is 0.0667. The lowest BCUT2D eigenvalue weighted by molar-refractivity contribution is -0.123. The molecule has 0 bridgehead atoms. The van der Waals surface area contributed by atoms with Crippen molar-refractivity contribution in [2.24, 2.45) is 0 Å². The second kappa shape index (κ2) is 7.82. The predicted molar refractivity (Wildman–Crippen MR) is 86.7 cm³/mol. The Bertz CT molecular complexity index is 677. The molecule has 2 N–H and O–H groups in total. The molecule has 0 aliphatic rings. The molecule has 0 spiro atoms. The first-order valence-corrected chi connectivity index (χ1v) is 7.45. The largest absolute Gasteiger partial charge is 0.484 e. The van der Waals surface area contributed by atoms with Crippen molar-refractivity contribution in [2.75, 3.05) is 6.61 Å². The maximum Gasteiger partial charge on any atom is 0.276 e. The van der Waals surface area contributed by atoms with Gasteiger partial charge in [0.05, 0.1) is 0 Å². The number of amides is 2. The predicted octanol–water partition coefficient (Wildman–Crippen LogP) is 2.94. The van der Waals surface area contributed by atoms with Gasteiger partial charge in [-0.25, -0.2) is 0 Å². The molecule has 5 nitrogen and oxygen atoms in total. The molecule has 0 unspecified atom stereocenters. The minimum absolute atomic E-state index is 0.222. The van der Waals surface area contributed by atoms with Gasteiger partial charge in [-0.3, -0.25) is 20.4 Å². The van der Waals surface area contributed by atoms with E-state index >= 15 is 0 Å². The van der Waals surface area contributed by atoms with Gasteiger partial charge >= 0.3 is 0 Å². The van der Waals surface area contributed by atoms with Crippen molar-refractivity contribution in [3.8, 4) is 5.75 Å². The fourth-order valence-electron chi connectivity index (χ4n) is 1.54. The summed E-state index contributed by atoms with van der Waals surface area (Å²) >= 11 is 9.01. The summed E-state index contributed by atoms with van der Waals surface area (Å²) in [5, 5.41) is 0.582. The Morgan fingerprint density at radius 3 is 2.50 bits per heavy atom. The van der Waals surface area contributed by atoms with Gasteiger partial charge < -0.3 is 4.74 Å². The van der Waals surface area contributed by atoms with Crippen molar-refractivity contribution in [1.82, 2.24) is 10.9 Å². The maximum atomic E-state index is 11.8. The molecule has 0 aliphatic heterocycles. The number of hydrogen-bond acceptors (Lipinski definition) is 3. The molecule has 0 aliphatic carbocycles. The lowest BCUT2D eigenvalue weighted by atomic mass is 10.2. The van der Waals surface area contributed by atoms with Crippen molar-refractivity contribution >= 4 is 39.3 Å². The third kappa shape index (κ3) is 5.05. The highest BCUT2D eigenvalue weighted by atomic mass is 79.9. The van der Waals surface area contributed by atoms with Crippen LogP contribution in [0.2, 0.25) is 5.02 Å². The van der Waals surface area contributed by atoms with Crippen molar-refractivity contribution < 1.29 is 14.3 Å². The molecule has 2 aromatic rings. The Morgan fingerprint density at radius 1 is 1.09 bits per heavy atom. The highest BCUT2D eigenvalue weighted by Crippen LogP contribution is 2.15. The van der Waals surface area contributed by atoms with Crippen LogP contribution < -0.4 is 15.6 Å². The molecule has 2 aromatic carbocycles. The normalized spacial score (nSPS) is 9.91. The second-order valence-electron chi connectivity index (χ2n) is 4.26. The number of hydrogen-bond donors (Lipinski definition) is 2. The first kappa shape index (κ1) is 16.3. The van der Waals surface area contributed by atoms with Crippen molar-refractivity contribution in [3.63, 3.8) is 0 Å². The van der Waals surface area contributed by atoms with Gasteiger partial charge in [-0.2, -0.15) is 0 Å². The SMILES string of the molecule is O=C(COc1ccc(Cl)cc1)NNC(=O)c1cccc(Br)c1. The average Bonchev–Trinajstić information content (AvgIpc) is 2.52. The van der Waals surface area contributed by atoms with E-state index in [4.69, 9.17) is 16.3 Å². The number of carbonyl (C=O) groups is 2. The summed E-state index contributed by atoms with van der Waals surface area (Å²) in [4.78, 5) is 23.4. The van der Waals surface area contributed by atoms with Gasteiger partial charge in [-0.15, -0.1) is 0 Å². The number of rotatable bonds is 4. The fourth-order valence-corrected chi connectivity index (χ4v) is 2.07. The van der Waals surface area contributed by atoms with Crippen LogP contribution in [0.3, 0.4) is 0 Å². The molecule has 2 rings (SSSR count). The molecule has 0 saturated carbocycles. The number of hydrazine groups is 1. The number of carbonyl (C=O) groups excluding carboxylic acids is 2. The highest BCUT2D eigenvalue weighted by Gasteiger charge is 2.08. The monoisotopic (exact) mass is 382 g/mol. The van der Waals surface area contributed by atoms with Crippen LogP contribution in [0.5, 0.6) is 5.75 Å². The molecular weight excluding hydrogens is 372 g/mol. The Labute approximate surface area is 140 Å². The van der Waals surface area contributed by atoms with Gasteiger partial charge in [0, 0.05) is 15.1 Å². The first-order valence-electron chi connectivity index (χ1n) is 6.28. The summed E-state index contributed by atoms with van der Waals surface area (Å²) in [6.07, 6.45) is 0. The van der Waals surface area contributed by atoms with Crippen molar-refractivity contribution in [3.05, 3.63) is 63.6 Å². The lowest BCUT2D eigenvalue weighted by Crippen LogP contribution is -2.43. The summed E-state index contributed by atoms with van der Waals surface area (Å²) in [5.41, 5.74) is 5.01. The van der Waals surface area contributed by atoms with E-state index in [1.165, 1.54) is 0 Å². The third-order valence-electron chi connectivity index (χ3n) is 2.59. The molecule has 7 heteroatoms. The van der Waals surface area contributed by atoms with Crippen LogP contribution in [0.1, 0.15) is 10.4 Å². The zero-order valence-electron chi connectivity index (χ0n) is 11.3. The van der Waals surface area contributed by atoms with Gasteiger partial charge in [0.1, 0.15) is 5.75 Å². The molecule has 0 heterocycles. The molecule has 114 valence electrons. The summed E-state index contributed by atoms with van der Waals surface area (Å²) < 4.78 is 6.03. The Kier molecular flexibility index (Phi) is 5.80. The highest BCUT2D eigenvalue weighted by molar-refractivity contribution is 9.10. The number of halogens is 2. The Morgan fingerprint density at radius 2 is 1.82 bits per heavy atom. The van der Waals surface area contributed by atoms with Gasteiger partial charge in [0.25, 0.3) is 11.8 Å². The van der Waals surface area contributed by atoms with E-state index in [0.29, 0.717) is 16.3 Å². The summed E-state index contributed by atoms with van der Waals surface area (Å²) in [6.45, 7) is -0.222. The van der Waals surface area contributed by atoms with E-state index in [0.717, 1.165) is 4.47 Å². The number of benzene rings is 2. The minimum atomic E-state index is -0.474. The zero-order valence-corrected chi connectivity index (χ0v) is 13.6. The summed E-state index contributed by atoms with van der Waals surface area (Å²) in [7, 11) is 0. The van der Waals surface area contributed by atoms with E-state index in [1.54, 1.807) is 48.5 Å². The Balaban J connectivity index is 1.78. The smallest absolute Gasteiger partial charge is 0.276 e. The topological polar surface area (TPSA) is 67.4 Å². The van der Waals surface area contributed by atoms with Gasteiger partial charge in [0.15, 0.2) is 6.61 Å². The average molecular weight is 384 g/mol. The number of ether oxygens (including phenoxy) is 1. The van der Waals surface area contributed by atoms with Crippen LogP contribution in [0, 0.1) is 0 Å². The summed E-state index contributed by atoms with van der Waals surface area (Å²) in [5.74, 6) is -0.377. The first-order chi connectivity index (χ1) is 10.5. The van der Waals surface area contributed by atoms with E-state index in [9.17, 15) is 9.59 Å². The number of nitrogens with one attached hydrogen (secondary N) is 2. The van der Waals surface area contributed by atoms with Crippen LogP contribution in [0.25, 0.3) is 0 Å². The van der Waals surface area contributed by atoms with Crippen LogP contribution in [0.4, 0.5) is 0 Å². The minimum Gasteiger partial charge on any atom is -0.484 e. The van der Waals surface area contributed by atoms with Crippen molar-refractivity contribution in [2.45, 2.75) is 0 Å². The molecule has 2 amide bonds. The van der Waals surface area contributed by atoms with Crippen molar-refractivity contribution in [1.29, 1.82) is 0 Å². The van der Waals surface area contributed by atoms with Gasteiger partial charge in [0.2, 0.25) is 0 Å². The standard InChI is InChI=1S/C15H12BrClN2O3/c16-11-3-1-2-10(8-11)15(21)19-18-14(20)9-22-13-6-4-12(17)5-7-13/h1-8H,9H2,(H,18,20)(H,19,21).